The summed E-state index contributed by atoms with van der Waals surface area (Å²) in [6.07, 6.45) is 4.28. The topological polar surface area (TPSA) is 47.6 Å². The number of aryl methyl sites for hydroxylation is 1. The number of rotatable bonds is 8. The molecule has 0 aliphatic carbocycles. The van der Waals surface area contributed by atoms with Crippen molar-refractivity contribution in [3.8, 4) is 11.5 Å². The van der Waals surface area contributed by atoms with Crippen LogP contribution in [0.3, 0.4) is 0 Å². The van der Waals surface area contributed by atoms with Crippen LogP contribution in [-0.4, -0.2) is 19.6 Å². The first kappa shape index (κ1) is 20.6. The van der Waals surface area contributed by atoms with Gasteiger partial charge in [-0.25, -0.2) is 0 Å². The molecule has 0 heterocycles. The zero-order valence-corrected chi connectivity index (χ0v) is 16.8. The molecule has 2 rings (SSSR count). The maximum atomic E-state index is 12.2. The summed E-state index contributed by atoms with van der Waals surface area (Å²) in [6.45, 7) is 9.01. The number of hydrogen-bond donors (Lipinski definition) is 1. The molecule has 0 atom stereocenters. The molecule has 0 unspecified atom stereocenters. The van der Waals surface area contributed by atoms with Crippen LogP contribution in [0.15, 0.2) is 42.5 Å². The summed E-state index contributed by atoms with van der Waals surface area (Å²) < 4.78 is 11.2. The van der Waals surface area contributed by atoms with Gasteiger partial charge in [-0.3, -0.25) is 4.79 Å². The van der Waals surface area contributed by atoms with Gasteiger partial charge in [-0.2, -0.15) is 0 Å². The van der Waals surface area contributed by atoms with E-state index in [0.29, 0.717) is 18.3 Å². The van der Waals surface area contributed by atoms with Crippen molar-refractivity contribution < 1.29 is 14.3 Å². The van der Waals surface area contributed by atoms with Crippen molar-refractivity contribution in [3.63, 3.8) is 0 Å². The van der Waals surface area contributed by atoms with Crippen molar-refractivity contribution in [2.45, 2.75) is 34.1 Å². The number of amides is 1. The minimum atomic E-state index is -0.167. The number of benzene rings is 2. The summed E-state index contributed by atoms with van der Waals surface area (Å²) in [6, 6.07) is 11.5. The summed E-state index contributed by atoms with van der Waals surface area (Å²) >= 11 is 0. The predicted molar refractivity (Wildman–Crippen MR) is 112 cm³/mol. The summed E-state index contributed by atoms with van der Waals surface area (Å²) in [7, 11) is 1.62. The number of anilines is 1. The van der Waals surface area contributed by atoms with E-state index in [4.69, 9.17) is 9.47 Å². The van der Waals surface area contributed by atoms with E-state index in [1.165, 1.54) is 6.08 Å². The van der Waals surface area contributed by atoms with Crippen LogP contribution in [0, 0.1) is 19.8 Å². The Kier molecular flexibility index (Phi) is 7.47. The molecule has 0 bridgehead atoms. The Morgan fingerprint density at radius 1 is 1.15 bits per heavy atom. The van der Waals surface area contributed by atoms with Crippen LogP contribution in [0.5, 0.6) is 11.5 Å². The fourth-order valence-corrected chi connectivity index (χ4v) is 2.54. The number of nitrogens with one attached hydrogen (secondary N) is 1. The maximum Gasteiger partial charge on any atom is 0.248 e. The van der Waals surface area contributed by atoms with Crippen LogP contribution in [0.25, 0.3) is 6.08 Å². The number of ether oxygens (including phenoxy) is 2. The summed E-state index contributed by atoms with van der Waals surface area (Å²) in [5.41, 5.74) is 3.92. The Morgan fingerprint density at radius 2 is 1.93 bits per heavy atom. The van der Waals surface area contributed by atoms with Crippen LogP contribution < -0.4 is 14.8 Å². The Bertz CT molecular complexity index is 809. The molecule has 0 spiro atoms. The van der Waals surface area contributed by atoms with E-state index in [1.54, 1.807) is 13.2 Å². The first-order valence-electron chi connectivity index (χ1n) is 9.26. The number of hydrogen-bond acceptors (Lipinski definition) is 3. The van der Waals surface area contributed by atoms with E-state index in [2.05, 4.69) is 19.2 Å². The van der Waals surface area contributed by atoms with Crippen molar-refractivity contribution >= 4 is 17.7 Å². The fourth-order valence-electron chi connectivity index (χ4n) is 2.54. The highest BCUT2D eigenvalue weighted by Crippen LogP contribution is 2.29. The van der Waals surface area contributed by atoms with Gasteiger partial charge in [0.15, 0.2) is 11.5 Å². The number of carbonyl (C=O) groups excluding carboxylic acids is 1. The van der Waals surface area contributed by atoms with Gasteiger partial charge in [-0.05, 0) is 67.2 Å². The average molecular weight is 367 g/mol. The predicted octanol–water partition coefficient (Wildman–Crippen LogP) is 5.39. The average Bonchev–Trinajstić information content (AvgIpc) is 2.64. The van der Waals surface area contributed by atoms with Gasteiger partial charge < -0.3 is 14.8 Å². The Labute approximate surface area is 162 Å². The highest BCUT2D eigenvalue weighted by molar-refractivity contribution is 6.02. The Morgan fingerprint density at radius 3 is 2.63 bits per heavy atom. The molecule has 1 amide bonds. The van der Waals surface area contributed by atoms with E-state index >= 15 is 0 Å². The van der Waals surface area contributed by atoms with Crippen molar-refractivity contribution in [1.29, 1.82) is 0 Å². The molecule has 2 aromatic rings. The molecule has 1 N–H and O–H groups in total. The van der Waals surface area contributed by atoms with Gasteiger partial charge in [-0.1, -0.05) is 32.0 Å². The van der Waals surface area contributed by atoms with E-state index < -0.39 is 0 Å². The molecule has 2 aromatic carbocycles. The summed E-state index contributed by atoms with van der Waals surface area (Å²) in [5, 5.41) is 2.92. The van der Waals surface area contributed by atoms with Gasteiger partial charge in [-0.15, -0.1) is 0 Å². The van der Waals surface area contributed by atoms with E-state index in [1.807, 2.05) is 50.2 Å². The second-order valence-corrected chi connectivity index (χ2v) is 7.01. The smallest absolute Gasteiger partial charge is 0.248 e. The van der Waals surface area contributed by atoms with Gasteiger partial charge >= 0.3 is 0 Å². The van der Waals surface area contributed by atoms with Crippen LogP contribution in [0.1, 0.15) is 37.0 Å². The van der Waals surface area contributed by atoms with Gasteiger partial charge in [0.2, 0.25) is 5.91 Å². The second-order valence-electron chi connectivity index (χ2n) is 7.01. The van der Waals surface area contributed by atoms with Crippen LogP contribution in [0.2, 0.25) is 0 Å². The number of carbonyl (C=O) groups is 1. The fraction of sp³-hybridized carbons (Fsp3) is 0.348. The molecule has 0 aliphatic heterocycles. The third kappa shape index (κ3) is 6.17. The van der Waals surface area contributed by atoms with Crippen LogP contribution >= 0.6 is 0 Å². The first-order valence-corrected chi connectivity index (χ1v) is 9.26. The van der Waals surface area contributed by atoms with Crippen LogP contribution in [0.4, 0.5) is 5.69 Å². The number of methoxy groups -OCH3 is 1. The molecule has 4 heteroatoms. The minimum absolute atomic E-state index is 0.167. The molecular weight excluding hydrogens is 338 g/mol. The lowest BCUT2D eigenvalue weighted by atomic mass is 10.1. The normalized spacial score (nSPS) is 11.0. The largest absolute Gasteiger partial charge is 0.493 e. The van der Waals surface area contributed by atoms with Crippen LogP contribution in [-0.2, 0) is 4.79 Å². The maximum absolute atomic E-state index is 12.2. The lowest BCUT2D eigenvalue weighted by Gasteiger charge is -2.12. The van der Waals surface area contributed by atoms with E-state index in [9.17, 15) is 4.79 Å². The Hall–Kier alpha value is -2.75. The van der Waals surface area contributed by atoms with Gasteiger partial charge in [0.1, 0.15) is 0 Å². The molecule has 0 radical (unpaired) electrons. The SMILES string of the molecule is COc1cc(/C=C/C(=O)Nc2cccc(C)c2C)ccc1OCCC(C)C. The van der Waals surface area contributed by atoms with Crippen molar-refractivity contribution in [2.75, 3.05) is 19.0 Å². The monoisotopic (exact) mass is 367 g/mol. The quantitative estimate of drug-likeness (QED) is 0.637. The van der Waals surface area contributed by atoms with Gasteiger partial charge in [0.25, 0.3) is 0 Å². The summed E-state index contributed by atoms with van der Waals surface area (Å²) in [4.78, 5) is 12.2. The molecule has 0 fully saturated rings. The van der Waals surface area contributed by atoms with E-state index in [-0.39, 0.29) is 5.91 Å². The van der Waals surface area contributed by atoms with Gasteiger partial charge in [0, 0.05) is 11.8 Å². The molecule has 0 saturated heterocycles. The lowest BCUT2D eigenvalue weighted by molar-refractivity contribution is -0.111. The first-order chi connectivity index (χ1) is 12.9. The third-order valence-corrected chi connectivity index (χ3v) is 4.43. The van der Waals surface area contributed by atoms with Crippen molar-refractivity contribution in [2.24, 2.45) is 5.92 Å². The molecule has 27 heavy (non-hydrogen) atoms. The zero-order chi connectivity index (χ0) is 19.8. The van der Waals surface area contributed by atoms with E-state index in [0.717, 1.165) is 34.5 Å². The molecule has 0 saturated carbocycles. The van der Waals surface area contributed by atoms with Crippen molar-refractivity contribution in [1.82, 2.24) is 0 Å². The van der Waals surface area contributed by atoms with Gasteiger partial charge in [0.05, 0.1) is 13.7 Å². The molecule has 0 aromatic heterocycles. The lowest BCUT2D eigenvalue weighted by Crippen LogP contribution is -2.09. The Balaban J connectivity index is 2.03. The highest BCUT2D eigenvalue weighted by Gasteiger charge is 2.07. The summed E-state index contributed by atoms with van der Waals surface area (Å²) in [5.74, 6) is 1.81. The standard InChI is InChI=1S/C23H29NO3/c1-16(2)13-14-27-21-11-9-19(15-22(21)26-5)10-12-23(25)24-20-8-6-7-17(3)18(20)4/h6-12,15-16H,13-14H2,1-5H3,(H,24,25)/b12-10+. The second kappa shape index (κ2) is 9.81. The molecular formula is C23H29NO3. The zero-order valence-electron chi connectivity index (χ0n) is 16.8. The van der Waals surface area contributed by atoms with Crippen molar-refractivity contribution in [3.05, 3.63) is 59.2 Å². The molecule has 144 valence electrons. The molecule has 4 nitrogen and oxygen atoms in total. The highest BCUT2D eigenvalue weighted by atomic mass is 16.5. The molecule has 0 aliphatic rings. The third-order valence-electron chi connectivity index (χ3n) is 4.43. The minimum Gasteiger partial charge on any atom is -0.493 e.